The molecule has 31 heavy (non-hydrogen) atoms. The first-order chi connectivity index (χ1) is 14.6. The molecule has 6 nitrogen and oxygen atoms in total. The molecule has 4 rings (SSSR count). The maximum absolute atomic E-state index is 14.8. The number of amides is 1. The smallest absolute Gasteiger partial charge is 0.410 e. The molecule has 0 bridgehead atoms. The van der Waals surface area contributed by atoms with Gasteiger partial charge in [-0.2, -0.15) is 5.10 Å². The van der Waals surface area contributed by atoms with Crippen LogP contribution in [0.4, 0.5) is 9.18 Å². The number of hydrogen-bond acceptors (Lipinski definition) is 4. The van der Waals surface area contributed by atoms with Gasteiger partial charge in [-0.3, -0.25) is 14.6 Å². The molecule has 1 aliphatic rings. The highest BCUT2D eigenvalue weighted by Gasteiger charge is 2.34. The number of nitrogens with zero attached hydrogens (tertiary/aromatic N) is 4. The Balaban J connectivity index is 1.84. The maximum Gasteiger partial charge on any atom is 0.410 e. The van der Waals surface area contributed by atoms with E-state index >= 15 is 0 Å². The Kier molecular flexibility index (Phi) is 5.47. The summed E-state index contributed by atoms with van der Waals surface area (Å²) < 4.78 is 22.3. The van der Waals surface area contributed by atoms with Crippen molar-refractivity contribution in [2.75, 3.05) is 0 Å². The van der Waals surface area contributed by atoms with Gasteiger partial charge in [0.2, 0.25) is 0 Å². The minimum Gasteiger partial charge on any atom is -0.444 e. The van der Waals surface area contributed by atoms with Crippen molar-refractivity contribution in [3.8, 4) is 22.4 Å². The van der Waals surface area contributed by atoms with Gasteiger partial charge in [-0.05, 0) is 63.6 Å². The van der Waals surface area contributed by atoms with Gasteiger partial charge >= 0.3 is 6.09 Å². The summed E-state index contributed by atoms with van der Waals surface area (Å²) in [6.07, 6.45) is 2.98. The van der Waals surface area contributed by atoms with Crippen molar-refractivity contribution in [2.24, 2.45) is 0 Å². The van der Waals surface area contributed by atoms with E-state index in [0.717, 1.165) is 16.8 Å². The van der Waals surface area contributed by atoms with E-state index in [1.54, 1.807) is 29.4 Å². The number of aromatic nitrogens is 3. The molecule has 3 heterocycles. The van der Waals surface area contributed by atoms with E-state index in [0.29, 0.717) is 29.4 Å². The van der Waals surface area contributed by atoms with Gasteiger partial charge in [0.1, 0.15) is 17.1 Å². The monoisotopic (exact) mass is 442 g/mol. The summed E-state index contributed by atoms with van der Waals surface area (Å²) in [4.78, 5) is 18.6. The number of carbonyl (C=O) groups is 1. The minimum atomic E-state index is -0.597. The lowest BCUT2D eigenvalue weighted by atomic mass is 9.98. The lowest BCUT2D eigenvalue weighted by Gasteiger charge is -2.35. The summed E-state index contributed by atoms with van der Waals surface area (Å²) >= 11 is 5.96. The molecule has 1 amide bonds. The van der Waals surface area contributed by atoms with Gasteiger partial charge in [-0.1, -0.05) is 11.6 Å². The third kappa shape index (κ3) is 4.28. The summed E-state index contributed by atoms with van der Waals surface area (Å²) in [5.74, 6) is -0.449. The molecule has 1 aromatic carbocycles. The Bertz CT molecular complexity index is 1120. The first-order valence-electron chi connectivity index (χ1n) is 10.1. The average Bonchev–Trinajstić information content (AvgIpc) is 3.04. The molecule has 3 aromatic rings. The van der Waals surface area contributed by atoms with Gasteiger partial charge in [-0.25, -0.2) is 9.18 Å². The highest BCUT2D eigenvalue weighted by atomic mass is 35.5. The summed E-state index contributed by atoms with van der Waals surface area (Å²) in [6, 6.07) is 8.13. The van der Waals surface area contributed by atoms with Gasteiger partial charge in [0, 0.05) is 28.5 Å². The molecule has 0 N–H and O–H groups in total. The zero-order valence-electron chi connectivity index (χ0n) is 17.9. The molecule has 0 aliphatic carbocycles. The molecule has 0 saturated carbocycles. The van der Waals surface area contributed by atoms with Gasteiger partial charge in [-0.15, -0.1) is 0 Å². The number of benzene rings is 1. The first-order valence-corrected chi connectivity index (χ1v) is 10.5. The third-order valence-corrected chi connectivity index (χ3v) is 5.37. The van der Waals surface area contributed by atoms with Crippen LogP contribution in [0.5, 0.6) is 0 Å². The normalized spacial score (nSPS) is 16.2. The van der Waals surface area contributed by atoms with Crippen molar-refractivity contribution in [3.63, 3.8) is 0 Å². The first kappa shape index (κ1) is 21.3. The minimum absolute atomic E-state index is 0.129. The standard InChI is InChI=1S/C23H24ClFN4O2/c1-14-12-29-19(13-28(14)22(30)31-23(2,3)4)20(15-7-9-26-10-8-15)21(27-29)17-6-5-16(24)11-18(17)25/h5-11,14H,12-13H2,1-4H3. The van der Waals surface area contributed by atoms with E-state index in [9.17, 15) is 9.18 Å². The van der Waals surface area contributed by atoms with Crippen LogP contribution in [0.15, 0.2) is 42.7 Å². The Morgan fingerprint density at radius 3 is 2.58 bits per heavy atom. The molecule has 1 aliphatic heterocycles. The molecule has 162 valence electrons. The van der Waals surface area contributed by atoms with Crippen LogP contribution in [0.3, 0.4) is 0 Å². The second-order valence-corrected chi connectivity index (χ2v) is 9.11. The topological polar surface area (TPSA) is 60.2 Å². The fourth-order valence-corrected chi connectivity index (χ4v) is 3.89. The highest BCUT2D eigenvalue weighted by Crippen LogP contribution is 2.38. The molecular weight excluding hydrogens is 419 g/mol. The van der Waals surface area contributed by atoms with E-state index < -0.39 is 11.4 Å². The molecule has 0 fully saturated rings. The van der Waals surface area contributed by atoms with Crippen molar-refractivity contribution < 1.29 is 13.9 Å². The number of ether oxygens (including phenoxy) is 1. The average molecular weight is 443 g/mol. The molecular formula is C23H24ClFN4O2. The van der Waals surface area contributed by atoms with Gasteiger partial charge < -0.3 is 4.74 Å². The predicted molar refractivity (Wildman–Crippen MR) is 117 cm³/mol. The highest BCUT2D eigenvalue weighted by molar-refractivity contribution is 6.30. The van der Waals surface area contributed by atoms with Crippen LogP contribution in [-0.2, 0) is 17.8 Å². The summed E-state index contributed by atoms with van der Waals surface area (Å²) in [5.41, 5.74) is 2.70. The number of fused-ring (bicyclic) bond motifs is 1. The Labute approximate surface area is 185 Å². The van der Waals surface area contributed by atoms with E-state index in [4.69, 9.17) is 21.4 Å². The zero-order valence-corrected chi connectivity index (χ0v) is 18.7. The molecule has 8 heteroatoms. The quantitative estimate of drug-likeness (QED) is 0.522. The third-order valence-electron chi connectivity index (χ3n) is 5.13. The zero-order chi connectivity index (χ0) is 22.3. The van der Waals surface area contributed by atoms with Crippen LogP contribution < -0.4 is 0 Å². The summed E-state index contributed by atoms with van der Waals surface area (Å²) in [6.45, 7) is 8.25. The fourth-order valence-electron chi connectivity index (χ4n) is 3.73. The second-order valence-electron chi connectivity index (χ2n) is 8.67. The van der Waals surface area contributed by atoms with Gasteiger partial charge in [0.05, 0.1) is 24.8 Å². The van der Waals surface area contributed by atoms with Gasteiger partial charge in [0.15, 0.2) is 0 Å². The lowest BCUT2D eigenvalue weighted by Crippen LogP contribution is -2.47. The maximum atomic E-state index is 14.8. The van der Waals surface area contributed by atoms with Crippen LogP contribution in [0.25, 0.3) is 22.4 Å². The van der Waals surface area contributed by atoms with Crippen molar-refractivity contribution in [2.45, 2.75) is 52.4 Å². The Hall–Kier alpha value is -2.93. The number of rotatable bonds is 2. The number of halogens is 2. The van der Waals surface area contributed by atoms with Crippen LogP contribution in [0, 0.1) is 5.82 Å². The SMILES string of the molecule is CC1Cn2nc(-c3ccc(Cl)cc3F)c(-c3ccncc3)c2CN1C(=O)OC(C)(C)C. The molecule has 0 radical (unpaired) electrons. The van der Waals surface area contributed by atoms with E-state index in [1.165, 1.54) is 6.07 Å². The predicted octanol–water partition coefficient (Wildman–Crippen LogP) is 5.54. The van der Waals surface area contributed by atoms with Crippen molar-refractivity contribution in [1.29, 1.82) is 0 Å². The van der Waals surface area contributed by atoms with Crippen LogP contribution in [0.1, 0.15) is 33.4 Å². The van der Waals surface area contributed by atoms with E-state index in [1.807, 2.05) is 44.5 Å². The number of carbonyl (C=O) groups excluding carboxylic acids is 1. The second kappa shape index (κ2) is 7.96. The number of hydrogen-bond donors (Lipinski definition) is 0. The molecule has 2 aromatic heterocycles. The Morgan fingerprint density at radius 1 is 1.23 bits per heavy atom. The molecule has 0 saturated heterocycles. The fraction of sp³-hybridized carbons (Fsp3) is 0.348. The largest absolute Gasteiger partial charge is 0.444 e. The van der Waals surface area contributed by atoms with Gasteiger partial charge in [0.25, 0.3) is 0 Å². The number of pyridine rings is 1. The summed E-state index contributed by atoms with van der Waals surface area (Å²) in [7, 11) is 0. The Morgan fingerprint density at radius 2 is 1.94 bits per heavy atom. The van der Waals surface area contributed by atoms with E-state index in [-0.39, 0.29) is 12.1 Å². The van der Waals surface area contributed by atoms with Crippen LogP contribution in [0.2, 0.25) is 5.02 Å². The molecule has 1 atom stereocenters. The molecule has 1 unspecified atom stereocenters. The van der Waals surface area contributed by atoms with Crippen molar-refractivity contribution >= 4 is 17.7 Å². The summed E-state index contributed by atoms with van der Waals surface area (Å²) in [5, 5.41) is 5.06. The van der Waals surface area contributed by atoms with Crippen LogP contribution >= 0.6 is 11.6 Å². The van der Waals surface area contributed by atoms with Crippen LogP contribution in [-0.4, -0.2) is 37.4 Å². The van der Waals surface area contributed by atoms with Crippen molar-refractivity contribution in [3.05, 3.63) is 59.3 Å². The lowest BCUT2D eigenvalue weighted by molar-refractivity contribution is 0.00914. The molecule has 0 spiro atoms. The van der Waals surface area contributed by atoms with E-state index in [2.05, 4.69) is 4.98 Å². The van der Waals surface area contributed by atoms with Crippen molar-refractivity contribution in [1.82, 2.24) is 19.7 Å².